The number of fused-ring (bicyclic) bond motifs is 1. The second-order valence-corrected chi connectivity index (χ2v) is 7.04. The van der Waals surface area contributed by atoms with Gasteiger partial charge in [-0.15, -0.1) is 0 Å². The van der Waals surface area contributed by atoms with Crippen molar-refractivity contribution in [1.29, 1.82) is 0 Å². The highest BCUT2D eigenvalue weighted by atomic mass is 79.9. The van der Waals surface area contributed by atoms with Crippen LogP contribution in [0.4, 0.5) is 0 Å². The number of carbonyl (C=O) groups excluding carboxylic acids is 3. The van der Waals surface area contributed by atoms with Crippen LogP contribution in [0.25, 0.3) is 0 Å². The Kier molecular flexibility index (Phi) is 5.91. The fraction of sp³-hybridized carbons (Fsp3) is 0.250. The standard InChI is InChI=1S/C20H18BrNO5/c1-13-3-6-15(7-4-13)27-12-18(23)26-10-2-9-22-19(24)16-8-5-14(21)11-17(16)20(22)25/h3-8,11H,2,9-10,12H2,1H3. The molecule has 0 spiro atoms. The molecule has 0 aliphatic carbocycles. The van der Waals surface area contributed by atoms with Crippen LogP contribution in [0, 0.1) is 6.92 Å². The SMILES string of the molecule is Cc1ccc(OCC(=O)OCCCN2C(=O)c3ccc(Br)cc3C2=O)cc1. The molecule has 2 aromatic rings. The van der Waals surface area contributed by atoms with Gasteiger partial charge in [0.05, 0.1) is 17.7 Å². The summed E-state index contributed by atoms with van der Waals surface area (Å²) in [5, 5.41) is 0. The maximum Gasteiger partial charge on any atom is 0.344 e. The van der Waals surface area contributed by atoms with Gasteiger partial charge in [-0.25, -0.2) is 4.79 Å². The number of esters is 1. The van der Waals surface area contributed by atoms with Gasteiger partial charge in [0.15, 0.2) is 6.61 Å². The highest BCUT2D eigenvalue weighted by Gasteiger charge is 2.35. The Hall–Kier alpha value is -2.67. The molecule has 1 aliphatic rings. The molecule has 27 heavy (non-hydrogen) atoms. The van der Waals surface area contributed by atoms with E-state index in [9.17, 15) is 14.4 Å². The van der Waals surface area contributed by atoms with Crippen molar-refractivity contribution in [3.63, 3.8) is 0 Å². The predicted molar refractivity (Wildman–Crippen MR) is 102 cm³/mol. The monoisotopic (exact) mass is 431 g/mol. The van der Waals surface area contributed by atoms with Crippen molar-refractivity contribution in [2.45, 2.75) is 13.3 Å². The van der Waals surface area contributed by atoms with E-state index in [0.717, 1.165) is 10.0 Å². The molecule has 1 aliphatic heterocycles. The summed E-state index contributed by atoms with van der Waals surface area (Å²) in [6.45, 7) is 2.07. The molecule has 0 fully saturated rings. The first-order valence-electron chi connectivity index (χ1n) is 8.46. The number of carbonyl (C=O) groups is 3. The van der Waals surface area contributed by atoms with Crippen molar-refractivity contribution in [3.8, 4) is 5.75 Å². The number of rotatable bonds is 7. The molecule has 0 aromatic heterocycles. The van der Waals surface area contributed by atoms with E-state index in [-0.39, 0.29) is 31.6 Å². The topological polar surface area (TPSA) is 72.9 Å². The van der Waals surface area contributed by atoms with E-state index < -0.39 is 5.97 Å². The third kappa shape index (κ3) is 4.54. The maximum absolute atomic E-state index is 12.3. The highest BCUT2D eigenvalue weighted by Crippen LogP contribution is 2.26. The molecule has 6 nitrogen and oxygen atoms in total. The molecule has 140 valence electrons. The lowest BCUT2D eigenvalue weighted by Crippen LogP contribution is -2.31. The summed E-state index contributed by atoms with van der Waals surface area (Å²) in [4.78, 5) is 37.5. The lowest BCUT2D eigenvalue weighted by Gasteiger charge is -2.13. The van der Waals surface area contributed by atoms with E-state index in [4.69, 9.17) is 9.47 Å². The molecule has 0 unspecified atom stereocenters. The third-order valence-corrected chi connectivity index (χ3v) is 4.59. The number of hydrogen-bond donors (Lipinski definition) is 0. The van der Waals surface area contributed by atoms with E-state index in [1.807, 2.05) is 19.1 Å². The number of aryl methyl sites for hydroxylation is 1. The quantitative estimate of drug-likeness (QED) is 0.381. The normalized spacial score (nSPS) is 12.9. The molecule has 0 atom stereocenters. The Morgan fingerprint density at radius 3 is 2.48 bits per heavy atom. The van der Waals surface area contributed by atoms with Crippen LogP contribution in [0.15, 0.2) is 46.9 Å². The molecule has 3 rings (SSSR count). The Morgan fingerprint density at radius 2 is 1.74 bits per heavy atom. The van der Waals surface area contributed by atoms with Crippen molar-refractivity contribution in [2.24, 2.45) is 0 Å². The average molecular weight is 432 g/mol. The molecule has 0 radical (unpaired) electrons. The zero-order chi connectivity index (χ0) is 19.4. The maximum atomic E-state index is 12.3. The van der Waals surface area contributed by atoms with Crippen LogP contribution in [0.5, 0.6) is 5.75 Å². The van der Waals surface area contributed by atoms with Crippen LogP contribution < -0.4 is 4.74 Å². The zero-order valence-corrected chi connectivity index (χ0v) is 16.3. The lowest BCUT2D eigenvalue weighted by atomic mass is 10.1. The van der Waals surface area contributed by atoms with Gasteiger partial charge in [-0.2, -0.15) is 0 Å². The zero-order valence-electron chi connectivity index (χ0n) is 14.7. The van der Waals surface area contributed by atoms with Crippen molar-refractivity contribution >= 4 is 33.7 Å². The van der Waals surface area contributed by atoms with Crippen molar-refractivity contribution < 1.29 is 23.9 Å². The largest absolute Gasteiger partial charge is 0.482 e. The smallest absolute Gasteiger partial charge is 0.344 e. The van der Waals surface area contributed by atoms with Crippen LogP contribution in [-0.2, 0) is 9.53 Å². The van der Waals surface area contributed by atoms with Crippen molar-refractivity contribution in [3.05, 3.63) is 63.6 Å². The minimum absolute atomic E-state index is 0.104. The van der Waals surface area contributed by atoms with E-state index in [2.05, 4.69) is 15.9 Å². The Morgan fingerprint density at radius 1 is 1.04 bits per heavy atom. The van der Waals surface area contributed by atoms with E-state index in [1.54, 1.807) is 30.3 Å². The Labute approximate surface area is 165 Å². The van der Waals surface area contributed by atoms with E-state index >= 15 is 0 Å². The van der Waals surface area contributed by atoms with Crippen LogP contribution in [0.3, 0.4) is 0 Å². The first kappa shape index (κ1) is 19.1. The Balaban J connectivity index is 1.41. The predicted octanol–water partition coefficient (Wildman–Crippen LogP) is 3.37. The second kappa shape index (κ2) is 8.35. The van der Waals surface area contributed by atoms with Gasteiger partial charge in [0.2, 0.25) is 0 Å². The molecule has 0 saturated carbocycles. The van der Waals surface area contributed by atoms with Gasteiger partial charge in [0, 0.05) is 11.0 Å². The van der Waals surface area contributed by atoms with Gasteiger partial charge in [-0.05, 0) is 43.7 Å². The lowest BCUT2D eigenvalue weighted by molar-refractivity contribution is -0.146. The van der Waals surface area contributed by atoms with Crippen LogP contribution in [0.1, 0.15) is 32.7 Å². The molecule has 0 N–H and O–H groups in total. The van der Waals surface area contributed by atoms with Gasteiger partial charge in [0.1, 0.15) is 5.75 Å². The summed E-state index contributed by atoms with van der Waals surface area (Å²) in [7, 11) is 0. The number of imide groups is 1. The minimum atomic E-state index is -0.498. The number of nitrogens with zero attached hydrogens (tertiary/aromatic N) is 1. The first-order valence-corrected chi connectivity index (χ1v) is 9.26. The third-order valence-electron chi connectivity index (χ3n) is 4.10. The first-order chi connectivity index (χ1) is 13.0. The van der Waals surface area contributed by atoms with Crippen molar-refractivity contribution in [2.75, 3.05) is 19.8 Å². The summed E-state index contributed by atoms with van der Waals surface area (Å²) in [5.41, 5.74) is 1.88. The van der Waals surface area contributed by atoms with E-state index in [1.165, 1.54) is 4.90 Å². The van der Waals surface area contributed by atoms with Gasteiger partial charge in [-0.3, -0.25) is 14.5 Å². The molecule has 1 heterocycles. The summed E-state index contributed by atoms with van der Waals surface area (Å²) in [6.07, 6.45) is 0.364. The Bertz CT molecular complexity index is 878. The summed E-state index contributed by atoms with van der Waals surface area (Å²) in [5.74, 6) is -0.557. The average Bonchev–Trinajstić information content (AvgIpc) is 2.88. The summed E-state index contributed by atoms with van der Waals surface area (Å²) in [6, 6.07) is 12.3. The van der Waals surface area contributed by atoms with Crippen LogP contribution in [0.2, 0.25) is 0 Å². The van der Waals surface area contributed by atoms with Crippen LogP contribution >= 0.6 is 15.9 Å². The fourth-order valence-electron chi connectivity index (χ4n) is 2.69. The van der Waals surface area contributed by atoms with Crippen molar-refractivity contribution in [1.82, 2.24) is 4.90 Å². The molecule has 2 amide bonds. The molecular weight excluding hydrogens is 414 g/mol. The molecule has 0 saturated heterocycles. The number of benzene rings is 2. The minimum Gasteiger partial charge on any atom is -0.482 e. The molecule has 0 bridgehead atoms. The molecular formula is C20H18BrNO5. The highest BCUT2D eigenvalue weighted by molar-refractivity contribution is 9.10. The summed E-state index contributed by atoms with van der Waals surface area (Å²) >= 11 is 3.30. The van der Waals surface area contributed by atoms with Gasteiger partial charge < -0.3 is 9.47 Å². The number of halogens is 1. The number of hydrogen-bond acceptors (Lipinski definition) is 5. The van der Waals surface area contributed by atoms with E-state index in [0.29, 0.717) is 23.3 Å². The van der Waals surface area contributed by atoms with Crippen LogP contribution in [-0.4, -0.2) is 42.4 Å². The number of amides is 2. The van der Waals surface area contributed by atoms with Gasteiger partial charge >= 0.3 is 5.97 Å². The second-order valence-electron chi connectivity index (χ2n) is 6.13. The molecule has 2 aromatic carbocycles. The number of ether oxygens (including phenoxy) is 2. The van der Waals surface area contributed by atoms with Gasteiger partial charge in [0.25, 0.3) is 11.8 Å². The molecule has 7 heteroatoms. The fourth-order valence-corrected chi connectivity index (χ4v) is 3.05. The summed E-state index contributed by atoms with van der Waals surface area (Å²) < 4.78 is 11.2. The van der Waals surface area contributed by atoms with Gasteiger partial charge in [-0.1, -0.05) is 33.6 Å².